The molecule has 0 radical (unpaired) electrons. The minimum atomic E-state index is 0. The molecular formula is C17H30ClIN4. The fraction of sp³-hybridized carbons (Fsp3) is 0.588. The lowest BCUT2D eigenvalue weighted by Crippen LogP contribution is -2.40. The molecule has 0 heterocycles. The molecule has 3 N–H and O–H groups in total. The number of hydrogen-bond donors (Lipinski definition) is 3. The Balaban J connectivity index is 0.00000484. The van der Waals surface area contributed by atoms with Crippen LogP contribution in [0.2, 0.25) is 5.02 Å². The molecule has 1 atom stereocenters. The first-order valence-corrected chi connectivity index (χ1v) is 8.25. The number of rotatable bonds is 6. The van der Waals surface area contributed by atoms with Gasteiger partial charge < -0.3 is 16.0 Å². The Labute approximate surface area is 162 Å². The van der Waals surface area contributed by atoms with Crippen LogP contribution < -0.4 is 16.0 Å². The molecule has 0 aromatic heterocycles. The van der Waals surface area contributed by atoms with E-state index in [-0.39, 0.29) is 35.6 Å². The van der Waals surface area contributed by atoms with Crippen molar-refractivity contribution in [3.63, 3.8) is 0 Å². The Kier molecular flexibility index (Phi) is 10.8. The molecule has 1 aromatic carbocycles. The smallest absolute Gasteiger partial charge is 0.191 e. The molecule has 1 aromatic rings. The maximum absolute atomic E-state index is 6.25. The van der Waals surface area contributed by atoms with E-state index >= 15 is 0 Å². The predicted molar refractivity (Wildman–Crippen MR) is 112 cm³/mol. The standard InChI is InChI=1S/C17H29ClN4.HI/c1-6-19-16(20-11-12-21-17(3,4)5)22-13(2)14-9-7-8-10-15(14)18;/h7-10,13,21H,6,11-12H2,1-5H3,(H2,19,20,22);1H. The zero-order valence-corrected chi connectivity index (χ0v) is 17.8. The quantitative estimate of drug-likeness (QED) is 0.265. The van der Waals surface area contributed by atoms with E-state index in [4.69, 9.17) is 11.6 Å². The third-order valence-corrected chi connectivity index (χ3v) is 3.45. The summed E-state index contributed by atoms with van der Waals surface area (Å²) >= 11 is 6.25. The molecule has 0 aliphatic carbocycles. The van der Waals surface area contributed by atoms with E-state index in [9.17, 15) is 0 Å². The largest absolute Gasteiger partial charge is 0.357 e. The Morgan fingerprint density at radius 2 is 1.91 bits per heavy atom. The fourth-order valence-electron chi connectivity index (χ4n) is 2.03. The number of aliphatic imine (C=N–C) groups is 1. The van der Waals surface area contributed by atoms with E-state index in [1.54, 1.807) is 0 Å². The zero-order chi connectivity index (χ0) is 16.6. The Morgan fingerprint density at radius 1 is 1.26 bits per heavy atom. The van der Waals surface area contributed by atoms with Gasteiger partial charge >= 0.3 is 0 Å². The number of nitrogens with zero attached hydrogens (tertiary/aromatic N) is 1. The van der Waals surface area contributed by atoms with Crippen molar-refractivity contribution < 1.29 is 0 Å². The monoisotopic (exact) mass is 452 g/mol. The van der Waals surface area contributed by atoms with Crippen LogP contribution >= 0.6 is 35.6 Å². The topological polar surface area (TPSA) is 48.5 Å². The fourth-order valence-corrected chi connectivity index (χ4v) is 2.33. The van der Waals surface area contributed by atoms with E-state index in [1.165, 1.54) is 0 Å². The number of hydrogen-bond acceptors (Lipinski definition) is 2. The number of halogens is 2. The number of nitrogens with one attached hydrogen (secondary N) is 3. The van der Waals surface area contributed by atoms with Crippen LogP contribution in [0.25, 0.3) is 0 Å². The molecule has 132 valence electrons. The first-order chi connectivity index (χ1) is 10.3. The van der Waals surface area contributed by atoms with Crippen molar-refractivity contribution in [3.8, 4) is 0 Å². The molecule has 0 amide bonds. The summed E-state index contributed by atoms with van der Waals surface area (Å²) in [4.78, 5) is 4.60. The van der Waals surface area contributed by atoms with Gasteiger partial charge in [-0.3, -0.25) is 4.99 Å². The van der Waals surface area contributed by atoms with Gasteiger partial charge in [-0.2, -0.15) is 0 Å². The highest BCUT2D eigenvalue weighted by atomic mass is 127. The summed E-state index contributed by atoms with van der Waals surface area (Å²) in [5, 5.41) is 10.9. The van der Waals surface area contributed by atoms with Crippen LogP contribution in [-0.4, -0.2) is 31.1 Å². The summed E-state index contributed by atoms with van der Waals surface area (Å²) in [5.41, 5.74) is 1.19. The highest BCUT2D eigenvalue weighted by molar-refractivity contribution is 14.0. The van der Waals surface area contributed by atoms with Gasteiger partial charge in [-0.15, -0.1) is 24.0 Å². The molecule has 0 bridgehead atoms. The van der Waals surface area contributed by atoms with Crippen molar-refractivity contribution in [1.82, 2.24) is 16.0 Å². The average molecular weight is 453 g/mol. The number of guanidine groups is 1. The molecule has 0 aliphatic rings. The van der Waals surface area contributed by atoms with E-state index < -0.39 is 0 Å². The van der Waals surface area contributed by atoms with Gasteiger partial charge in [0.2, 0.25) is 0 Å². The van der Waals surface area contributed by atoms with Gasteiger partial charge in [-0.05, 0) is 46.2 Å². The van der Waals surface area contributed by atoms with Gasteiger partial charge in [0, 0.05) is 23.7 Å². The van der Waals surface area contributed by atoms with Gasteiger partial charge in [-0.1, -0.05) is 29.8 Å². The molecule has 1 unspecified atom stereocenters. The van der Waals surface area contributed by atoms with E-state index in [0.29, 0.717) is 0 Å². The summed E-state index contributed by atoms with van der Waals surface area (Å²) in [7, 11) is 0. The van der Waals surface area contributed by atoms with E-state index in [1.807, 2.05) is 24.3 Å². The van der Waals surface area contributed by atoms with E-state index in [0.717, 1.165) is 36.2 Å². The van der Waals surface area contributed by atoms with Crippen molar-refractivity contribution in [1.29, 1.82) is 0 Å². The van der Waals surface area contributed by atoms with Crippen molar-refractivity contribution in [2.45, 2.75) is 46.2 Å². The van der Waals surface area contributed by atoms with Crippen LogP contribution in [0.3, 0.4) is 0 Å². The predicted octanol–water partition coefficient (Wildman–Crippen LogP) is 3.96. The molecule has 23 heavy (non-hydrogen) atoms. The van der Waals surface area contributed by atoms with Crippen LogP contribution in [0.5, 0.6) is 0 Å². The Hall–Kier alpha value is -0.530. The maximum atomic E-state index is 6.25. The van der Waals surface area contributed by atoms with Gasteiger partial charge in [0.25, 0.3) is 0 Å². The SMILES string of the molecule is CCNC(=NCCNC(C)(C)C)NC(C)c1ccccc1Cl.I. The minimum absolute atomic E-state index is 0. The van der Waals surface area contributed by atoms with Crippen LogP contribution in [0, 0.1) is 0 Å². The summed E-state index contributed by atoms with van der Waals surface area (Å²) < 4.78 is 0. The maximum Gasteiger partial charge on any atom is 0.191 e. The van der Waals surface area contributed by atoms with E-state index in [2.05, 4.69) is 55.6 Å². The van der Waals surface area contributed by atoms with Gasteiger partial charge in [0.05, 0.1) is 12.6 Å². The van der Waals surface area contributed by atoms with Crippen LogP contribution in [0.1, 0.15) is 46.2 Å². The van der Waals surface area contributed by atoms with Crippen molar-refractivity contribution in [3.05, 3.63) is 34.9 Å². The van der Waals surface area contributed by atoms with Crippen molar-refractivity contribution in [2.75, 3.05) is 19.6 Å². The molecule has 4 nitrogen and oxygen atoms in total. The second kappa shape index (κ2) is 11.1. The van der Waals surface area contributed by atoms with Crippen LogP contribution in [0.15, 0.2) is 29.3 Å². The molecule has 1 rings (SSSR count). The van der Waals surface area contributed by atoms with Gasteiger partial charge in [-0.25, -0.2) is 0 Å². The Morgan fingerprint density at radius 3 is 2.48 bits per heavy atom. The highest BCUT2D eigenvalue weighted by Crippen LogP contribution is 2.21. The summed E-state index contributed by atoms with van der Waals surface area (Å²) in [5.74, 6) is 0.811. The van der Waals surface area contributed by atoms with Crippen LogP contribution in [-0.2, 0) is 0 Å². The molecule has 6 heteroatoms. The van der Waals surface area contributed by atoms with Crippen molar-refractivity contribution >= 4 is 41.5 Å². The van der Waals surface area contributed by atoms with Gasteiger partial charge in [0.15, 0.2) is 5.96 Å². The lowest BCUT2D eigenvalue weighted by Gasteiger charge is -2.21. The first kappa shape index (κ1) is 22.5. The molecule has 0 saturated carbocycles. The normalized spacial score (nSPS) is 13.2. The second-order valence-corrected chi connectivity index (χ2v) is 6.73. The van der Waals surface area contributed by atoms with Crippen LogP contribution in [0.4, 0.5) is 0 Å². The van der Waals surface area contributed by atoms with Gasteiger partial charge in [0.1, 0.15) is 0 Å². The average Bonchev–Trinajstić information content (AvgIpc) is 2.43. The molecule has 0 fully saturated rings. The van der Waals surface area contributed by atoms with Crippen molar-refractivity contribution in [2.24, 2.45) is 4.99 Å². The Bertz CT molecular complexity index is 486. The lowest BCUT2D eigenvalue weighted by atomic mass is 10.1. The molecular weight excluding hydrogens is 423 g/mol. The first-order valence-electron chi connectivity index (χ1n) is 7.88. The number of benzene rings is 1. The molecule has 0 aliphatic heterocycles. The third kappa shape index (κ3) is 9.37. The lowest BCUT2D eigenvalue weighted by molar-refractivity contribution is 0.432. The third-order valence-electron chi connectivity index (χ3n) is 3.11. The molecule has 0 saturated heterocycles. The zero-order valence-electron chi connectivity index (χ0n) is 14.7. The minimum Gasteiger partial charge on any atom is -0.357 e. The summed E-state index contributed by atoms with van der Waals surface area (Å²) in [6.07, 6.45) is 0. The second-order valence-electron chi connectivity index (χ2n) is 6.32. The summed E-state index contributed by atoms with van der Waals surface area (Å²) in [6, 6.07) is 7.98. The highest BCUT2D eigenvalue weighted by Gasteiger charge is 2.11. The molecule has 0 spiro atoms. The summed E-state index contributed by atoms with van der Waals surface area (Å²) in [6.45, 7) is 13.0.